The first-order chi connectivity index (χ1) is 9.67. The molecule has 1 aliphatic heterocycles. The van der Waals surface area contributed by atoms with Crippen LogP contribution < -0.4 is 0 Å². The minimum atomic E-state index is -0.740. The van der Waals surface area contributed by atoms with Crippen molar-refractivity contribution in [1.29, 1.82) is 0 Å². The van der Waals surface area contributed by atoms with Crippen molar-refractivity contribution in [2.24, 2.45) is 5.41 Å². The third-order valence-corrected chi connectivity index (χ3v) is 4.50. The monoisotopic (exact) mass is 280 g/mol. The third-order valence-electron chi connectivity index (χ3n) is 4.50. The zero-order chi connectivity index (χ0) is 14.0. The van der Waals surface area contributed by atoms with Crippen LogP contribution in [0.15, 0.2) is 4.52 Å². The first-order valence-electron chi connectivity index (χ1n) is 7.29. The number of carboxylic acids is 1. The fourth-order valence-corrected chi connectivity index (χ4v) is 3.43. The molecular weight excluding hydrogens is 260 g/mol. The van der Waals surface area contributed by atoms with E-state index in [0.717, 1.165) is 38.7 Å². The zero-order valence-electron chi connectivity index (χ0n) is 11.5. The molecule has 2 fully saturated rings. The average Bonchev–Trinajstić information content (AvgIpc) is 3.08. The third kappa shape index (κ3) is 2.85. The summed E-state index contributed by atoms with van der Waals surface area (Å²) >= 11 is 0. The lowest BCUT2D eigenvalue weighted by Gasteiger charge is -2.24. The van der Waals surface area contributed by atoms with E-state index in [1.54, 1.807) is 0 Å². The smallest absolute Gasteiger partial charge is 0.303 e. The van der Waals surface area contributed by atoms with Gasteiger partial charge in [0.25, 0.3) is 0 Å². The Bertz CT molecular complexity index is 473. The highest BCUT2D eigenvalue weighted by atomic mass is 16.5. The topological polar surface area (TPSA) is 85.5 Å². The predicted octanol–water partition coefficient (Wildman–Crippen LogP) is 2.15. The van der Waals surface area contributed by atoms with Gasteiger partial charge < -0.3 is 14.4 Å². The van der Waals surface area contributed by atoms with Crippen molar-refractivity contribution in [2.75, 3.05) is 13.2 Å². The maximum absolute atomic E-state index is 11.1. The van der Waals surface area contributed by atoms with E-state index in [1.165, 1.54) is 0 Å². The molecule has 1 aromatic rings. The molecule has 20 heavy (non-hydrogen) atoms. The highest BCUT2D eigenvalue weighted by molar-refractivity contribution is 5.67. The molecule has 1 aliphatic carbocycles. The van der Waals surface area contributed by atoms with Gasteiger partial charge in [-0.25, -0.2) is 0 Å². The highest BCUT2D eigenvalue weighted by Gasteiger charge is 2.38. The summed E-state index contributed by atoms with van der Waals surface area (Å²) in [5.41, 5.74) is -0.193. The predicted molar refractivity (Wildman–Crippen MR) is 69.3 cm³/mol. The van der Waals surface area contributed by atoms with E-state index in [9.17, 15) is 4.79 Å². The van der Waals surface area contributed by atoms with E-state index in [-0.39, 0.29) is 17.8 Å². The summed E-state index contributed by atoms with van der Waals surface area (Å²) in [5.74, 6) is 0.776. The van der Waals surface area contributed by atoms with Gasteiger partial charge >= 0.3 is 5.97 Å². The molecule has 1 aromatic heterocycles. The van der Waals surface area contributed by atoms with Crippen LogP contribution in [0.1, 0.15) is 56.2 Å². The van der Waals surface area contributed by atoms with Crippen LogP contribution in [0.3, 0.4) is 0 Å². The fourth-order valence-electron chi connectivity index (χ4n) is 3.43. The fraction of sp³-hybridized carbons (Fsp3) is 0.786. The maximum Gasteiger partial charge on any atom is 0.303 e. The van der Waals surface area contributed by atoms with Crippen LogP contribution in [-0.2, 0) is 16.0 Å². The van der Waals surface area contributed by atoms with Crippen molar-refractivity contribution < 1.29 is 19.2 Å². The SMILES string of the molecule is O=C(O)CC1(Cc2nc(C3CCOC3)no2)CCCC1. The molecule has 0 spiro atoms. The molecule has 0 aromatic carbocycles. The molecule has 110 valence electrons. The number of hydrogen-bond acceptors (Lipinski definition) is 5. The van der Waals surface area contributed by atoms with Gasteiger partial charge in [0.2, 0.25) is 5.89 Å². The molecule has 6 heteroatoms. The van der Waals surface area contributed by atoms with Crippen LogP contribution >= 0.6 is 0 Å². The Morgan fingerprint density at radius 1 is 1.40 bits per heavy atom. The minimum absolute atomic E-state index is 0.192. The number of nitrogens with zero attached hydrogens (tertiary/aromatic N) is 2. The molecule has 2 aliphatic rings. The van der Waals surface area contributed by atoms with Crippen LogP contribution in [0.25, 0.3) is 0 Å². The summed E-state index contributed by atoms with van der Waals surface area (Å²) in [7, 11) is 0. The van der Waals surface area contributed by atoms with Crippen LogP contribution in [0.5, 0.6) is 0 Å². The quantitative estimate of drug-likeness (QED) is 0.889. The van der Waals surface area contributed by atoms with Gasteiger partial charge in [0.15, 0.2) is 5.82 Å². The number of rotatable bonds is 5. The summed E-state index contributed by atoms with van der Waals surface area (Å²) in [4.78, 5) is 15.5. The van der Waals surface area contributed by atoms with Gasteiger partial charge in [0, 0.05) is 18.9 Å². The molecule has 2 heterocycles. The van der Waals surface area contributed by atoms with Gasteiger partial charge in [-0.05, 0) is 24.7 Å². The molecule has 1 saturated carbocycles. The first-order valence-corrected chi connectivity index (χ1v) is 7.29. The Hall–Kier alpha value is -1.43. The molecule has 3 rings (SSSR count). The number of ether oxygens (including phenoxy) is 1. The zero-order valence-corrected chi connectivity index (χ0v) is 11.5. The number of aromatic nitrogens is 2. The van der Waals surface area contributed by atoms with Crippen LogP contribution in [-0.4, -0.2) is 34.4 Å². The molecule has 1 N–H and O–H groups in total. The molecule has 1 atom stereocenters. The molecule has 1 saturated heterocycles. The van der Waals surface area contributed by atoms with Gasteiger partial charge in [-0.3, -0.25) is 4.79 Å². The maximum atomic E-state index is 11.1. The molecule has 0 bridgehead atoms. The number of hydrogen-bond donors (Lipinski definition) is 1. The Labute approximate surface area is 117 Å². The van der Waals surface area contributed by atoms with Crippen LogP contribution in [0.4, 0.5) is 0 Å². The van der Waals surface area contributed by atoms with E-state index >= 15 is 0 Å². The van der Waals surface area contributed by atoms with E-state index in [1.807, 2.05) is 0 Å². The second kappa shape index (κ2) is 5.52. The Balaban J connectivity index is 1.70. The lowest BCUT2D eigenvalue weighted by Crippen LogP contribution is -2.24. The largest absolute Gasteiger partial charge is 0.481 e. The lowest BCUT2D eigenvalue weighted by molar-refractivity contribution is -0.139. The van der Waals surface area contributed by atoms with Gasteiger partial charge in [0.05, 0.1) is 13.0 Å². The Kier molecular flexibility index (Phi) is 3.74. The van der Waals surface area contributed by atoms with E-state index in [2.05, 4.69) is 10.1 Å². The van der Waals surface area contributed by atoms with E-state index < -0.39 is 5.97 Å². The van der Waals surface area contributed by atoms with Crippen molar-refractivity contribution >= 4 is 5.97 Å². The standard InChI is InChI=1S/C14H20N2O4/c17-12(18)8-14(4-1-2-5-14)7-11-15-13(16-20-11)10-3-6-19-9-10/h10H,1-9H2,(H,17,18). The summed E-state index contributed by atoms with van der Waals surface area (Å²) in [6, 6.07) is 0. The van der Waals surface area contributed by atoms with Gasteiger partial charge in [-0.2, -0.15) is 4.98 Å². The second-order valence-electron chi connectivity index (χ2n) is 6.06. The van der Waals surface area contributed by atoms with Crippen molar-refractivity contribution in [1.82, 2.24) is 10.1 Å². The summed E-state index contributed by atoms with van der Waals surface area (Å²) in [6.45, 7) is 1.40. The number of carbonyl (C=O) groups is 1. The molecule has 0 radical (unpaired) electrons. The van der Waals surface area contributed by atoms with Crippen molar-refractivity contribution in [3.8, 4) is 0 Å². The van der Waals surface area contributed by atoms with Crippen LogP contribution in [0, 0.1) is 5.41 Å². The van der Waals surface area contributed by atoms with Crippen molar-refractivity contribution in [2.45, 2.75) is 50.9 Å². The number of aliphatic carboxylic acids is 1. The molecule has 6 nitrogen and oxygen atoms in total. The summed E-state index contributed by atoms with van der Waals surface area (Å²) in [5, 5.41) is 13.1. The van der Waals surface area contributed by atoms with Crippen molar-refractivity contribution in [3.63, 3.8) is 0 Å². The van der Waals surface area contributed by atoms with Gasteiger partial charge in [0.1, 0.15) is 0 Å². The lowest BCUT2D eigenvalue weighted by atomic mass is 9.79. The average molecular weight is 280 g/mol. The summed E-state index contributed by atoms with van der Waals surface area (Å²) < 4.78 is 10.7. The normalized spacial score (nSPS) is 25.1. The van der Waals surface area contributed by atoms with Gasteiger partial charge in [-0.1, -0.05) is 18.0 Å². The van der Waals surface area contributed by atoms with Crippen LogP contribution in [0.2, 0.25) is 0 Å². The minimum Gasteiger partial charge on any atom is -0.481 e. The van der Waals surface area contributed by atoms with Gasteiger partial charge in [-0.15, -0.1) is 0 Å². The molecule has 0 amide bonds. The highest BCUT2D eigenvalue weighted by Crippen LogP contribution is 2.43. The van der Waals surface area contributed by atoms with E-state index in [0.29, 0.717) is 24.7 Å². The Morgan fingerprint density at radius 2 is 2.20 bits per heavy atom. The Morgan fingerprint density at radius 3 is 2.85 bits per heavy atom. The summed E-state index contributed by atoms with van der Waals surface area (Å²) in [6.07, 6.45) is 5.75. The first kappa shape index (κ1) is 13.5. The van der Waals surface area contributed by atoms with Crippen molar-refractivity contribution in [3.05, 3.63) is 11.7 Å². The molecular formula is C14H20N2O4. The van der Waals surface area contributed by atoms with E-state index in [4.69, 9.17) is 14.4 Å². The molecule has 1 unspecified atom stereocenters. The number of carboxylic acid groups (broad SMARTS) is 1. The second-order valence-corrected chi connectivity index (χ2v) is 6.06.